The van der Waals surface area contributed by atoms with Gasteiger partial charge in [-0.1, -0.05) is 42.1 Å². The van der Waals surface area contributed by atoms with E-state index in [-0.39, 0.29) is 11.9 Å². The number of thioether (sulfide) groups is 1. The van der Waals surface area contributed by atoms with Gasteiger partial charge in [-0.15, -0.1) is 0 Å². The van der Waals surface area contributed by atoms with Crippen molar-refractivity contribution >= 4 is 17.7 Å². The predicted octanol–water partition coefficient (Wildman–Crippen LogP) is 2.79. The van der Waals surface area contributed by atoms with E-state index in [2.05, 4.69) is 9.97 Å². The summed E-state index contributed by atoms with van der Waals surface area (Å²) in [6.45, 7) is 5.62. The van der Waals surface area contributed by atoms with Crippen molar-refractivity contribution < 1.29 is 9.53 Å². The molecule has 0 spiro atoms. The van der Waals surface area contributed by atoms with Crippen molar-refractivity contribution in [2.24, 2.45) is 0 Å². The Bertz CT molecular complexity index is 688. The Labute approximate surface area is 146 Å². The molecule has 1 unspecified atom stereocenters. The van der Waals surface area contributed by atoms with Crippen LogP contribution in [0.2, 0.25) is 0 Å². The summed E-state index contributed by atoms with van der Waals surface area (Å²) in [5, 5.41) is 0.658. The van der Waals surface area contributed by atoms with Gasteiger partial charge >= 0.3 is 0 Å². The fourth-order valence-electron chi connectivity index (χ4n) is 2.82. The Hall–Kier alpha value is -1.92. The van der Waals surface area contributed by atoms with Gasteiger partial charge in [0.15, 0.2) is 5.16 Å². The molecule has 0 radical (unpaired) electrons. The van der Waals surface area contributed by atoms with Crippen LogP contribution in [-0.4, -0.2) is 46.3 Å². The Morgan fingerprint density at radius 2 is 1.96 bits per heavy atom. The summed E-state index contributed by atoms with van der Waals surface area (Å²) in [5.41, 5.74) is 2.95. The largest absolute Gasteiger partial charge is 0.377 e. The summed E-state index contributed by atoms with van der Waals surface area (Å²) in [4.78, 5) is 23.4. The Morgan fingerprint density at radius 1 is 1.25 bits per heavy atom. The van der Waals surface area contributed by atoms with E-state index in [9.17, 15) is 4.79 Å². The monoisotopic (exact) mass is 343 g/mol. The molecular weight excluding hydrogens is 322 g/mol. The zero-order valence-corrected chi connectivity index (χ0v) is 14.8. The van der Waals surface area contributed by atoms with Crippen LogP contribution in [0.25, 0.3) is 0 Å². The first kappa shape index (κ1) is 16.9. The number of rotatable bonds is 4. The SMILES string of the molecule is Cc1cc(C)nc(SCC(=O)N2CCOCC2c2ccccc2)n1. The number of carbonyl (C=O) groups is 1. The van der Waals surface area contributed by atoms with Crippen LogP contribution in [0.3, 0.4) is 0 Å². The fraction of sp³-hybridized carbons (Fsp3) is 0.389. The maximum Gasteiger partial charge on any atom is 0.233 e. The van der Waals surface area contributed by atoms with E-state index in [1.54, 1.807) is 0 Å². The smallest absolute Gasteiger partial charge is 0.233 e. The van der Waals surface area contributed by atoms with E-state index in [0.29, 0.717) is 30.7 Å². The molecule has 1 aliphatic rings. The van der Waals surface area contributed by atoms with Gasteiger partial charge in [0.05, 0.1) is 25.0 Å². The lowest BCUT2D eigenvalue weighted by molar-refractivity contribution is -0.137. The van der Waals surface area contributed by atoms with Gasteiger partial charge in [-0.05, 0) is 25.5 Å². The van der Waals surface area contributed by atoms with Gasteiger partial charge < -0.3 is 9.64 Å². The Morgan fingerprint density at radius 3 is 2.67 bits per heavy atom. The van der Waals surface area contributed by atoms with Gasteiger partial charge in [-0.25, -0.2) is 9.97 Å². The normalized spacial score (nSPS) is 17.8. The second-order valence-electron chi connectivity index (χ2n) is 5.81. The summed E-state index contributed by atoms with van der Waals surface area (Å²) in [6.07, 6.45) is 0. The third-order valence-electron chi connectivity index (χ3n) is 3.92. The molecule has 1 aromatic heterocycles. The van der Waals surface area contributed by atoms with Gasteiger partial charge in [0.1, 0.15) is 0 Å². The molecule has 1 amide bonds. The first-order valence-corrected chi connectivity index (χ1v) is 8.99. The average molecular weight is 343 g/mol. The van der Waals surface area contributed by atoms with Gasteiger partial charge in [0, 0.05) is 17.9 Å². The van der Waals surface area contributed by atoms with E-state index in [0.717, 1.165) is 17.0 Å². The second-order valence-corrected chi connectivity index (χ2v) is 6.75. The van der Waals surface area contributed by atoms with Crippen molar-refractivity contribution in [1.29, 1.82) is 0 Å². The maximum absolute atomic E-state index is 12.7. The molecule has 1 aliphatic heterocycles. The molecule has 1 saturated heterocycles. The average Bonchev–Trinajstić information content (AvgIpc) is 2.60. The lowest BCUT2D eigenvalue weighted by Gasteiger charge is -2.36. The summed E-state index contributed by atoms with van der Waals surface area (Å²) in [7, 11) is 0. The minimum absolute atomic E-state index is 0.0202. The zero-order valence-electron chi connectivity index (χ0n) is 13.9. The molecule has 2 aromatic rings. The first-order chi connectivity index (χ1) is 11.6. The summed E-state index contributed by atoms with van der Waals surface area (Å²) >= 11 is 1.39. The molecule has 2 heterocycles. The van der Waals surface area contributed by atoms with Crippen LogP contribution in [-0.2, 0) is 9.53 Å². The molecule has 126 valence electrons. The first-order valence-electron chi connectivity index (χ1n) is 8.01. The number of benzene rings is 1. The number of amides is 1. The van der Waals surface area contributed by atoms with Crippen molar-refractivity contribution in [2.45, 2.75) is 25.0 Å². The lowest BCUT2D eigenvalue weighted by atomic mass is 10.1. The van der Waals surface area contributed by atoms with Crippen LogP contribution in [0.1, 0.15) is 23.0 Å². The molecule has 24 heavy (non-hydrogen) atoms. The van der Waals surface area contributed by atoms with Crippen molar-refractivity contribution in [1.82, 2.24) is 14.9 Å². The maximum atomic E-state index is 12.7. The number of hydrogen-bond donors (Lipinski definition) is 0. The van der Waals surface area contributed by atoms with Gasteiger partial charge in [0.25, 0.3) is 0 Å². The molecule has 6 heteroatoms. The zero-order chi connectivity index (χ0) is 16.9. The highest BCUT2D eigenvalue weighted by Crippen LogP contribution is 2.25. The molecule has 1 fully saturated rings. The summed E-state index contributed by atoms with van der Waals surface area (Å²) < 4.78 is 5.59. The van der Waals surface area contributed by atoms with Crippen molar-refractivity contribution in [2.75, 3.05) is 25.5 Å². The van der Waals surface area contributed by atoms with Crippen molar-refractivity contribution in [3.63, 3.8) is 0 Å². The topological polar surface area (TPSA) is 55.3 Å². The van der Waals surface area contributed by atoms with Crippen LogP contribution in [0.5, 0.6) is 0 Å². The summed E-state index contributed by atoms with van der Waals surface area (Å²) in [5.74, 6) is 0.437. The van der Waals surface area contributed by atoms with Crippen LogP contribution in [0, 0.1) is 13.8 Å². The second kappa shape index (κ2) is 7.77. The number of aromatic nitrogens is 2. The quantitative estimate of drug-likeness (QED) is 0.631. The summed E-state index contributed by atoms with van der Waals surface area (Å²) in [6, 6.07) is 12.0. The van der Waals surface area contributed by atoms with E-state index >= 15 is 0 Å². The number of morpholine rings is 1. The molecule has 0 N–H and O–H groups in total. The number of ether oxygens (including phenoxy) is 1. The fourth-order valence-corrected chi connectivity index (χ4v) is 3.66. The Balaban J connectivity index is 1.68. The highest BCUT2D eigenvalue weighted by Gasteiger charge is 2.28. The van der Waals surface area contributed by atoms with Gasteiger partial charge in [-0.2, -0.15) is 0 Å². The Kier molecular flexibility index (Phi) is 5.48. The molecule has 0 bridgehead atoms. The predicted molar refractivity (Wildman–Crippen MR) is 93.9 cm³/mol. The third kappa shape index (κ3) is 4.13. The van der Waals surface area contributed by atoms with Gasteiger partial charge in [0.2, 0.25) is 5.91 Å². The third-order valence-corrected chi connectivity index (χ3v) is 4.75. The van der Waals surface area contributed by atoms with Crippen LogP contribution in [0.15, 0.2) is 41.6 Å². The molecule has 0 aliphatic carbocycles. The van der Waals surface area contributed by atoms with Crippen molar-refractivity contribution in [3.8, 4) is 0 Å². The minimum Gasteiger partial charge on any atom is -0.377 e. The minimum atomic E-state index is -0.0202. The molecule has 1 atom stereocenters. The lowest BCUT2D eigenvalue weighted by Crippen LogP contribution is -2.44. The molecule has 1 aromatic carbocycles. The van der Waals surface area contributed by atoms with Crippen LogP contribution < -0.4 is 0 Å². The molecule has 5 nitrogen and oxygen atoms in total. The number of nitrogens with zero attached hydrogens (tertiary/aromatic N) is 3. The van der Waals surface area contributed by atoms with E-state index in [1.165, 1.54) is 11.8 Å². The molecular formula is C18H21N3O2S. The van der Waals surface area contributed by atoms with E-state index < -0.39 is 0 Å². The highest BCUT2D eigenvalue weighted by molar-refractivity contribution is 7.99. The van der Waals surface area contributed by atoms with Crippen LogP contribution in [0.4, 0.5) is 0 Å². The van der Waals surface area contributed by atoms with Crippen LogP contribution >= 0.6 is 11.8 Å². The molecule has 0 saturated carbocycles. The van der Waals surface area contributed by atoms with Gasteiger partial charge in [-0.3, -0.25) is 4.79 Å². The van der Waals surface area contributed by atoms with Crippen molar-refractivity contribution in [3.05, 3.63) is 53.3 Å². The number of aryl methyl sites for hydroxylation is 2. The number of hydrogen-bond acceptors (Lipinski definition) is 5. The number of carbonyl (C=O) groups excluding carboxylic acids is 1. The standard InChI is InChI=1S/C18H21N3O2S/c1-13-10-14(2)20-18(19-13)24-12-17(22)21-8-9-23-11-16(21)15-6-4-3-5-7-15/h3-7,10,16H,8-9,11-12H2,1-2H3. The van der Waals surface area contributed by atoms with E-state index in [1.807, 2.05) is 55.1 Å². The molecule has 3 rings (SSSR count). The van der Waals surface area contributed by atoms with E-state index in [4.69, 9.17) is 4.74 Å². The highest BCUT2D eigenvalue weighted by atomic mass is 32.2.